The van der Waals surface area contributed by atoms with E-state index < -0.39 is 29.5 Å². The molecule has 0 aliphatic carbocycles. The van der Waals surface area contributed by atoms with Crippen molar-refractivity contribution in [1.29, 1.82) is 0 Å². The van der Waals surface area contributed by atoms with Gasteiger partial charge in [0.2, 0.25) is 5.91 Å². The van der Waals surface area contributed by atoms with E-state index in [9.17, 15) is 14.0 Å². The van der Waals surface area contributed by atoms with Gasteiger partial charge in [0, 0.05) is 5.69 Å². The highest BCUT2D eigenvalue weighted by Gasteiger charge is 2.25. The van der Waals surface area contributed by atoms with Crippen molar-refractivity contribution >= 4 is 17.7 Å². The summed E-state index contributed by atoms with van der Waals surface area (Å²) in [4.78, 5) is 24.9. The van der Waals surface area contributed by atoms with Crippen LogP contribution in [0.4, 0.5) is 14.9 Å². The summed E-state index contributed by atoms with van der Waals surface area (Å²) in [5.41, 5.74) is 1.26. The molecule has 0 aromatic heterocycles. The first-order valence-electron chi connectivity index (χ1n) is 9.32. The highest BCUT2D eigenvalue weighted by molar-refractivity contribution is 5.97. The molecule has 2 aromatic carbocycles. The van der Waals surface area contributed by atoms with Crippen LogP contribution >= 0.6 is 0 Å². The lowest BCUT2D eigenvalue weighted by atomic mass is 10.2. The monoisotopic (exact) mass is 402 g/mol. The largest absolute Gasteiger partial charge is 0.444 e. The maximum Gasteiger partial charge on any atom is 0.408 e. The number of aryl methyl sites for hydroxylation is 1. The zero-order valence-corrected chi connectivity index (χ0v) is 17.1. The van der Waals surface area contributed by atoms with Gasteiger partial charge in [-0.05, 0) is 57.0 Å². The third-order valence-electron chi connectivity index (χ3n) is 3.85. The number of hydrogen-bond acceptors (Lipinski definition) is 4. The number of halogens is 1. The van der Waals surface area contributed by atoms with E-state index in [1.54, 1.807) is 27.7 Å². The molecule has 0 aliphatic rings. The van der Waals surface area contributed by atoms with Crippen molar-refractivity contribution in [2.45, 2.75) is 45.9 Å². The normalized spacial score (nSPS) is 12.2. The molecule has 6 nitrogen and oxygen atoms in total. The number of amides is 2. The molecule has 2 amide bonds. The molecule has 0 spiro atoms. The van der Waals surface area contributed by atoms with Crippen molar-refractivity contribution in [3.63, 3.8) is 0 Å². The van der Waals surface area contributed by atoms with Gasteiger partial charge in [-0.3, -0.25) is 4.79 Å². The second-order valence-electron chi connectivity index (χ2n) is 7.65. The first-order chi connectivity index (χ1) is 13.6. The van der Waals surface area contributed by atoms with Crippen LogP contribution in [0.1, 0.15) is 31.9 Å². The number of alkyl carbamates (subject to hydrolysis) is 1. The summed E-state index contributed by atoms with van der Waals surface area (Å²) in [5, 5.41) is 5.24. The summed E-state index contributed by atoms with van der Waals surface area (Å²) >= 11 is 0. The van der Waals surface area contributed by atoms with E-state index in [0.29, 0.717) is 11.3 Å². The molecule has 0 aliphatic heterocycles. The molecule has 156 valence electrons. The highest BCUT2D eigenvalue weighted by atomic mass is 19.1. The molecule has 1 atom stereocenters. The summed E-state index contributed by atoms with van der Waals surface area (Å²) in [6.45, 7) is 7.11. The van der Waals surface area contributed by atoms with Gasteiger partial charge in [0.25, 0.3) is 0 Å². The Kier molecular flexibility index (Phi) is 7.73. The fraction of sp³-hybridized carbons (Fsp3) is 0.364. The van der Waals surface area contributed by atoms with Gasteiger partial charge < -0.3 is 20.1 Å². The minimum absolute atomic E-state index is 0.0553. The Morgan fingerprint density at radius 3 is 2.41 bits per heavy atom. The van der Waals surface area contributed by atoms with Crippen molar-refractivity contribution < 1.29 is 23.5 Å². The van der Waals surface area contributed by atoms with E-state index in [4.69, 9.17) is 9.47 Å². The van der Waals surface area contributed by atoms with Gasteiger partial charge in [0.1, 0.15) is 17.5 Å². The van der Waals surface area contributed by atoms with Gasteiger partial charge in [-0.2, -0.15) is 0 Å². The second kappa shape index (κ2) is 10.0. The summed E-state index contributed by atoms with van der Waals surface area (Å²) in [6, 6.07) is 12.5. The third-order valence-corrected chi connectivity index (χ3v) is 3.85. The number of rotatable bonds is 7. The maximum absolute atomic E-state index is 13.3. The van der Waals surface area contributed by atoms with Crippen LogP contribution in [0.3, 0.4) is 0 Å². The van der Waals surface area contributed by atoms with Crippen molar-refractivity contribution in [3.8, 4) is 0 Å². The van der Waals surface area contributed by atoms with Crippen molar-refractivity contribution in [3.05, 3.63) is 65.5 Å². The molecule has 2 aromatic rings. The van der Waals surface area contributed by atoms with Crippen LogP contribution in [0.5, 0.6) is 0 Å². The highest BCUT2D eigenvalue weighted by Crippen LogP contribution is 2.16. The summed E-state index contributed by atoms with van der Waals surface area (Å²) in [6.07, 6.45) is -0.725. The van der Waals surface area contributed by atoms with Crippen LogP contribution in [0.2, 0.25) is 0 Å². The number of carbonyl (C=O) groups is 2. The predicted octanol–water partition coefficient (Wildman–Crippen LogP) is 4.18. The Morgan fingerprint density at radius 1 is 1.10 bits per heavy atom. The lowest BCUT2D eigenvalue weighted by Crippen LogP contribution is -2.48. The molecule has 2 N–H and O–H groups in total. The van der Waals surface area contributed by atoms with Gasteiger partial charge in [-0.1, -0.05) is 30.3 Å². The lowest BCUT2D eigenvalue weighted by molar-refractivity contribution is -0.119. The molecular weight excluding hydrogens is 375 g/mol. The van der Waals surface area contributed by atoms with E-state index in [2.05, 4.69) is 10.6 Å². The number of hydrogen-bond donors (Lipinski definition) is 2. The van der Waals surface area contributed by atoms with Gasteiger partial charge in [-0.25, -0.2) is 9.18 Å². The quantitative estimate of drug-likeness (QED) is 0.728. The number of nitrogens with one attached hydrogen (secondary N) is 2. The molecule has 0 radical (unpaired) electrons. The van der Waals surface area contributed by atoms with Crippen LogP contribution < -0.4 is 10.6 Å². The molecule has 0 heterocycles. The number of anilines is 1. The van der Waals surface area contributed by atoms with Gasteiger partial charge in [-0.15, -0.1) is 0 Å². The van der Waals surface area contributed by atoms with Crippen LogP contribution in [-0.4, -0.2) is 30.3 Å². The molecule has 0 unspecified atom stereocenters. The Hall–Kier alpha value is -2.93. The van der Waals surface area contributed by atoms with Crippen molar-refractivity contribution in [1.82, 2.24) is 5.32 Å². The summed E-state index contributed by atoms with van der Waals surface area (Å²) in [5.74, 6) is -0.881. The molecular formula is C22H27FN2O4. The molecule has 0 bridgehead atoms. The van der Waals surface area contributed by atoms with E-state index in [1.165, 1.54) is 18.2 Å². The fourth-order valence-electron chi connectivity index (χ4n) is 2.49. The second-order valence-corrected chi connectivity index (χ2v) is 7.65. The summed E-state index contributed by atoms with van der Waals surface area (Å²) in [7, 11) is 0. The van der Waals surface area contributed by atoms with Crippen LogP contribution in [0.25, 0.3) is 0 Å². The van der Waals surface area contributed by atoms with E-state index in [0.717, 1.165) is 5.56 Å². The Bertz CT molecular complexity index is 834. The minimum Gasteiger partial charge on any atom is -0.444 e. The molecule has 0 saturated heterocycles. The summed E-state index contributed by atoms with van der Waals surface area (Å²) < 4.78 is 24.2. The average molecular weight is 402 g/mol. The van der Waals surface area contributed by atoms with E-state index in [-0.39, 0.29) is 13.2 Å². The topological polar surface area (TPSA) is 76.7 Å². The molecule has 7 heteroatoms. The zero-order valence-electron chi connectivity index (χ0n) is 17.1. The lowest BCUT2D eigenvalue weighted by Gasteiger charge is -2.23. The number of benzene rings is 2. The number of carbonyl (C=O) groups excluding carboxylic acids is 2. The molecule has 2 rings (SSSR count). The van der Waals surface area contributed by atoms with Crippen LogP contribution in [0.15, 0.2) is 48.5 Å². The first-order valence-corrected chi connectivity index (χ1v) is 9.32. The average Bonchev–Trinajstić information content (AvgIpc) is 2.62. The van der Waals surface area contributed by atoms with E-state index in [1.807, 2.05) is 30.3 Å². The van der Waals surface area contributed by atoms with Crippen molar-refractivity contribution in [2.75, 3.05) is 11.9 Å². The minimum atomic E-state index is -0.988. The smallest absolute Gasteiger partial charge is 0.408 e. The predicted molar refractivity (Wildman–Crippen MR) is 109 cm³/mol. The first kappa shape index (κ1) is 22.4. The molecule has 0 saturated carbocycles. The molecule has 29 heavy (non-hydrogen) atoms. The molecule has 0 fully saturated rings. The third kappa shape index (κ3) is 7.91. The Labute approximate surface area is 170 Å². The number of ether oxygens (including phenoxy) is 2. The van der Waals surface area contributed by atoms with Crippen LogP contribution in [0, 0.1) is 12.7 Å². The fourth-order valence-corrected chi connectivity index (χ4v) is 2.49. The van der Waals surface area contributed by atoms with Gasteiger partial charge in [0.05, 0.1) is 13.2 Å². The van der Waals surface area contributed by atoms with Crippen LogP contribution in [-0.2, 0) is 20.9 Å². The SMILES string of the molecule is Cc1cc(F)ccc1NC(=O)[C@H](COCc1ccccc1)NC(=O)OC(C)(C)C. The zero-order chi connectivity index (χ0) is 21.4. The van der Waals surface area contributed by atoms with Gasteiger partial charge in [0.15, 0.2) is 0 Å². The van der Waals surface area contributed by atoms with Gasteiger partial charge >= 0.3 is 6.09 Å². The maximum atomic E-state index is 13.3. The Morgan fingerprint density at radius 2 is 1.79 bits per heavy atom. The van der Waals surface area contributed by atoms with E-state index >= 15 is 0 Å². The standard InChI is InChI=1S/C22H27FN2O4/c1-15-12-17(23)10-11-18(15)24-20(26)19(25-21(27)29-22(2,3)4)14-28-13-16-8-6-5-7-9-16/h5-12,19H,13-14H2,1-4H3,(H,24,26)(H,25,27)/t19-/m0/s1. The van der Waals surface area contributed by atoms with Crippen molar-refractivity contribution in [2.24, 2.45) is 0 Å². The Balaban J connectivity index is 2.05.